The molecule has 0 aromatic carbocycles. The summed E-state index contributed by atoms with van der Waals surface area (Å²) in [6.45, 7) is 0.385. The van der Waals surface area contributed by atoms with Crippen LogP contribution in [0, 0.1) is 0 Å². The average Bonchev–Trinajstić information content (AvgIpc) is 3.18. The molecule has 0 bridgehead atoms. The highest BCUT2D eigenvalue weighted by atomic mass is 16.3. The Labute approximate surface area is 116 Å². The van der Waals surface area contributed by atoms with Gasteiger partial charge in [-0.15, -0.1) is 5.10 Å². The molecule has 7 nitrogen and oxygen atoms in total. The van der Waals surface area contributed by atoms with Crippen molar-refractivity contribution in [2.24, 2.45) is 0 Å². The zero-order chi connectivity index (χ0) is 13.8. The van der Waals surface area contributed by atoms with Gasteiger partial charge in [0.2, 0.25) is 5.91 Å². The number of hydrogen-bond acceptors (Lipinski definition) is 5. The van der Waals surface area contributed by atoms with Gasteiger partial charge in [0.15, 0.2) is 0 Å². The minimum Gasteiger partial charge on any atom is -0.467 e. The van der Waals surface area contributed by atoms with Gasteiger partial charge in [-0.2, -0.15) is 0 Å². The largest absolute Gasteiger partial charge is 0.467 e. The molecule has 0 saturated heterocycles. The summed E-state index contributed by atoms with van der Waals surface area (Å²) in [6, 6.07) is 3.64. The van der Waals surface area contributed by atoms with Crippen LogP contribution in [0.25, 0.3) is 0 Å². The second kappa shape index (κ2) is 5.44. The van der Waals surface area contributed by atoms with Gasteiger partial charge in [-0.3, -0.25) is 4.79 Å². The van der Waals surface area contributed by atoms with E-state index in [4.69, 9.17) is 4.42 Å². The van der Waals surface area contributed by atoms with Gasteiger partial charge in [0.1, 0.15) is 17.6 Å². The SMILES string of the molecule is O=C(NCc1ccco1)C1(n2cnnn2)CCCCC1. The number of hydrogen-bond donors (Lipinski definition) is 1. The van der Waals surface area contributed by atoms with Crippen molar-refractivity contribution in [3.8, 4) is 0 Å². The fourth-order valence-electron chi connectivity index (χ4n) is 2.80. The molecule has 0 radical (unpaired) electrons. The topological polar surface area (TPSA) is 85.8 Å². The van der Waals surface area contributed by atoms with Crippen LogP contribution in [0.2, 0.25) is 0 Å². The predicted molar refractivity (Wildman–Crippen MR) is 69.4 cm³/mol. The number of carbonyl (C=O) groups excluding carboxylic acids is 1. The highest BCUT2D eigenvalue weighted by Crippen LogP contribution is 2.34. The number of carbonyl (C=O) groups is 1. The standard InChI is InChI=1S/C13H17N5O2/c19-12(14-9-11-5-4-8-20-11)13(6-2-1-3-7-13)18-10-15-16-17-18/h4-5,8,10H,1-3,6-7,9H2,(H,14,19). The molecular weight excluding hydrogens is 258 g/mol. The van der Waals surface area contributed by atoms with E-state index in [2.05, 4.69) is 20.8 Å². The third-order valence-electron chi connectivity index (χ3n) is 3.89. The third-order valence-corrected chi connectivity index (χ3v) is 3.89. The maximum absolute atomic E-state index is 12.6. The third kappa shape index (κ3) is 2.31. The van der Waals surface area contributed by atoms with Crippen LogP contribution in [-0.2, 0) is 16.9 Å². The van der Waals surface area contributed by atoms with Crippen molar-refractivity contribution >= 4 is 5.91 Å². The van der Waals surface area contributed by atoms with Crippen molar-refractivity contribution in [3.63, 3.8) is 0 Å². The molecule has 7 heteroatoms. The lowest BCUT2D eigenvalue weighted by molar-refractivity contribution is -0.132. The lowest BCUT2D eigenvalue weighted by Gasteiger charge is -2.34. The average molecular weight is 275 g/mol. The molecule has 3 rings (SSSR count). The van der Waals surface area contributed by atoms with Gasteiger partial charge >= 0.3 is 0 Å². The van der Waals surface area contributed by atoms with Crippen molar-refractivity contribution in [2.45, 2.75) is 44.2 Å². The Morgan fingerprint density at radius 1 is 1.40 bits per heavy atom. The molecule has 1 aliphatic carbocycles. The van der Waals surface area contributed by atoms with E-state index in [9.17, 15) is 4.79 Å². The van der Waals surface area contributed by atoms with Crippen LogP contribution in [0.4, 0.5) is 0 Å². The molecule has 2 aromatic heterocycles. The number of nitrogens with one attached hydrogen (secondary N) is 1. The van der Waals surface area contributed by atoms with Crippen molar-refractivity contribution < 1.29 is 9.21 Å². The smallest absolute Gasteiger partial charge is 0.248 e. The molecule has 1 aliphatic rings. The minimum atomic E-state index is -0.658. The Morgan fingerprint density at radius 3 is 2.90 bits per heavy atom. The van der Waals surface area contributed by atoms with Crippen LogP contribution in [-0.4, -0.2) is 26.1 Å². The Hall–Kier alpha value is -2.18. The summed E-state index contributed by atoms with van der Waals surface area (Å²) in [4.78, 5) is 12.6. The summed E-state index contributed by atoms with van der Waals surface area (Å²) < 4.78 is 6.83. The molecule has 0 unspecified atom stereocenters. The molecule has 2 aromatic rings. The van der Waals surface area contributed by atoms with Gasteiger partial charge in [0.05, 0.1) is 12.8 Å². The minimum absolute atomic E-state index is 0.0408. The summed E-state index contributed by atoms with van der Waals surface area (Å²) in [7, 11) is 0. The first-order valence-electron chi connectivity index (χ1n) is 6.85. The van der Waals surface area contributed by atoms with Crippen molar-refractivity contribution in [1.29, 1.82) is 0 Å². The van der Waals surface area contributed by atoms with Crippen molar-refractivity contribution in [2.75, 3.05) is 0 Å². The van der Waals surface area contributed by atoms with Gasteiger partial charge in [0.25, 0.3) is 0 Å². The molecule has 106 valence electrons. The van der Waals surface area contributed by atoms with Gasteiger partial charge in [-0.25, -0.2) is 4.68 Å². The number of aromatic nitrogens is 4. The molecule has 0 atom stereocenters. The summed E-state index contributed by atoms with van der Waals surface area (Å²) in [5.74, 6) is 0.696. The van der Waals surface area contributed by atoms with E-state index in [1.165, 1.54) is 6.33 Å². The quantitative estimate of drug-likeness (QED) is 0.907. The van der Waals surface area contributed by atoms with Crippen LogP contribution in [0.3, 0.4) is 0 Å². The van der Waals surface area contributed by atoms with E-state index in [0.717, 1.165) is 37.9 Å². The Balaban J connectivity index is 1.77. The van der Waals surface area contributed by atoms with Gasteiger partial charge in [-0.05, 0) is 35.4 Å². The van der Waals surface area contributed by atoms with Gasteiger partial charge in [-0.1, -0.05) is 19.3 Å². The highest BCUT2D eigenvalue weighted by molar-refractivity contribution is 5.84. The van der Waals surface area contributed by atoms with E-state index >= 15 is 0 Å². The first kappa shape index (κ1) is 12.8. The highest BCUT2D eigenvalue weighted by Gasteiger charge is 2.42. The Bertz CT molecular complexity index is 543. The molecule has 0 aliphatic heterocycles. The Kier molecular flexibility index (Phi) is 3.49. The Morgan fingerprint density at radius 2 is 2.25 bits per heavy atom. The zero-order valence-corrected chi connectivity index (χ0v) is 11.2. The summed E-state index contributed by atoms with van der Waals surface area (Å²) in [6.07, 6.45) is 7.82. The van der Waals surface area contributed by atoms with Crippen LogP contribution in [0.1, 0.15) is 37.9 Å². The molecule has 1 amide bonds. The van der Waals surface area contributed by atoms with Crippen molar-refractivity contribution in [3.05, 3.63) is 30.5 Å². The molecule has 0 spiro atoms. The molecule has 1 fully saturated rings. The summed E-state index contributed by atoms with van der Waals surface area (Å²) in [5.41, 5.74) is -0.658. The zero-order valence-electron chi connectivity index (χ0n) is 11.2. The van der Waals surface area contributed by atoms with Crippen molar-refractivity contribution in [1.82, 2.24) is 25.5 Å². The van der Waals surface area contributed by atoms with E-state index < -0.39 is 5.54 Å². The summed E-state index contributed by atoms with van der Waals surface area (Å²) in [5, 5.41) is 14.2. The molecular formula is C13H17N5O2. The van der Waals surface area contributed by atoms with Gasteiger partial charge in [0, 0.05) is 0 Å². The second-order valence-electron chi connectivity index (χ2n) is 5.11. The maximum Gasteiger partial charge on any atom is 0.248 e. The second-order valence-corrected chi connectivity index (χ2v) is 5.11. The maximum atomic E-state index is 12.6. The van der Waals surface area contributed by atoms with Gasteiger partial charge < -0.3 is 9.73 Å². The first-order chi connectivity index (χ1) is 9.81. The normalized spacial score (nSPS) is 17.8. The first-order valence-corrected chi connectivity index (χ1v) is 6.85. The number of tetrazole rings is 1. The fraction of sp³-hybridized carbons (Fsp3) is 0.538. The van der Waals surface area contributed by atoms with Crippen LogP contribution in [0.15, 0.2) is 29.1 Å². The van der Waals surface area contributed by atoms with Crippen LogP contribution < -0.4 is 5.32 Å². The van der Waals surface area contributed by atoms with E-state index in [1.54, 1.807) is 17.0 Å². The lowest BCUT2D eigenvalue weighted by atomic mass is 9.81. The number of amides is 1. The molecule has 20 heavy (non-hydrogen) atoms. The van der Waals surface area contributed by atoms with Crippen LogP contribution in [0.5, 0.6) is 0 Å². The number of nitrogens with zero attached hydrogens (tertiary/aromatic N) is 4. The predicted octanol–water partition coefficient (Wildman–Crippen LogP) is 1.24. The molecule has 2 heterocycles. The monoisotopic (exact) mass is 275 g/mol. The van der Waals surface area contributed by atoms with E-state index in [0.29, 0.717) is 6.54 Å². The number of furan rings is 1. The fourth-order valence-corrected chi connectivity index (χ4v) is 2.80. The molecule has 1 saturated carbocycles. The summed E-state index contributed by atoms with van der Waals surface area (Å²) >= 11 is 0. The molecule has 1 N–H and O–H groups in total. The van der Waals surface area contributed by atoms with E-state index in [1.807, 2.05) is 6.07 Å². The lowest BCUT2D eigenvalue weighted by Crippen LogP contribution is -2.50. The van der Waals surface area contributed by atoms with E-state index in [-0.39, 0.29) is 5.91 Å². The number of rotatable bonds is 4. The van der Waals surface area contributed by atoms with Crippen LogP contribution >= 0.6 is 0 Å².